The number of carboxylic acids is 1. The normalized spacial score (nSPS) is 15.5. The Bertz CT molecular complexity index is 777. The summed E-state index contributed by atoms with van der Waals surface area (Å²) in [5, 5.41) is 8.70. The van der Waals surface area contributed by atoms with Crippen molar-refractivity contribution in [2.24, 2.45) is 4.99 Å². The molecule has 22 heavy (non-hydrogen) atoms. The molecule has 1 aliphatic rings. The van der Waals surface area contributed by atoms with Gasteiger partial charge in [-0.05, 0) is 48.9 Å². The van der Waals surface area contributed by atoms with Crippen LogP contribution in [0.1, 0.15) is 24.1 Å². The second kappa shape index (κ2) is 5.89. The number of nitrogens with one attached hydrogen (secondary N) is 2. The summed E-state index contributed by atoms with van der Waals surface area (Å²) in [5.41, 5.74) is 5.87. The van der Waals surface area contributed by atoms with Crippen LogP contribution in [0.2, 0.25) is 0 Å². The predicted molar refractivity (Wildman–Crippen MR) is 86.7 cm³/mol. The van der Waals surface area contributed by atoms with Crippen LogP contribution in [0.25, 0.3) is 17.5 Å². The third kappa shape index (κ3) is 3.09. The van der Waals surface area contributed by atoms with Crippen LogP contribution < -0.4 is 0 Å². The number of H-pyrrole nitrogens is 2. The summed E-state index contributed by atoms with van der Waals surface area (Å²) in [7, 11) is 0. The maximum absolute atomic E-state index is 10.6. The Morgan fingerprint density at radius 3 is 2.95 bits per heavy atom. The first-order valence-electron chi connectivity index (χ1n) is 7.14. The molecule has 112 valence electrons. The standard InChI is InChI=1S/C17H17N3O2/c1-11-9-16(14-3-2-8-18-14)20-15(11)10-13-5-4-12(19-13)6-7-17(21)22/h2-5,8-10,18,20H,6-7H2,1H3,(H,21,22)/b13-10-. The monoisotopic (exact) mass is 295 g/mol. The van der Waals surface area contributed by atoms with E-state index in [9.17, 15) is 4.79 Å². The van der Waals surface area contributed by atoms with Gasteiger partial charge in [0.15, 0.2) is 0 Å². The summed E-state index contributed by atoms with van der Waals surface area (Å²) in [5.74, 6) is -0.802. The van der Waals surface area contributed by atoms with E-state index in [4.69, 9.17) is 5.11 Å². The minimum atomic E-state index is -0.802. The van der Waals surface area contributed by atoms with Crippen molar-refractivity contribution in [3.8, 4) is 11.4 Å². The summed E-state index contributed by atoms with van der Waals surface area (Å²) >= 11 is 0. The van der Waals surface area contributed by atoms with Gasteiger partial charge in [0.2, 0.25) is 0 Å². The van der Waals surface area contributed by atoms with E-state index in [-0.39, 0.29) is 6.42 Å². The highest BCUT2D eigenvalue weighted by Gasteiger charge is 2.09. The zero-order valence-corrected chi connectivity index (χ0v) is 12.3. The smallest absolute Gasteiger partial charge is 0.303 e. The van der Waals surface area contributed by atoms with E-state index in [1.165, 1.54) is 0 Å². The first kappa shape index (κ1) is 14.1. The van der Waals surface area contributed by atoms with Gasteiger partial charge >= 0.3 is 5.97 Å². The van der Waals surface area contributed by atoms with Gasteiger partial charge < -0.3 is 15.1 Å². The molecule has 5 nitrogen and oxygen atoms in total. The Morgan fingerprint density at radius 2 is 2.23 bits per heavy atom. The van der Waals surface area contributed by atoms with Gasteiger partial charge in [-0.25, -0.2) is 0 Å². The van der Waals surface area contributed by atoms with Crippen LogP contribution in [0, 0.1) is 6.92 Å². The third-order valence-corrected chi connectivity index (χ3v) is 3.55. The third-order valence-electron chi connectivity index (χ3n) is 3.55. The number of aryl methyl sites for hydroxylation is 1. The molecule has 2 aromatic heterocycles. The molecule has 2 aromatic rings. The van der Waals surface area contributed by atoms with E-state index < -0.39 is 5.97 Å². The van der Waals surface area contributed by atoms with Crippen LogP contribution in [0.15, 0.2) is 47.2 Å². The minimum Gasteiger partial charge on any atom is -0.481 e. The number of hydrogen-bond donors (Lipinski definition) is 3. The van der Waals surface area contributed by atoms with Crippen molar-refractivity contribution in [2.45, 2.75) is 19.8 Å². The number of aromatic amines is 2. The summed E-state index contributed by atoms with van der Waals surface area (Å²) in [6, 6.07) is 6.06. The predicted octanol–water partition coefficient (Wildman–Crippen LogP) is 3.53. The number of aliphatic carboxylic acids is 1. The van der Waals surface area contributed by atoms with Crippen molar-refractivity contribution in [3.63, 3.8) is 0 Å². The average Bonchev–Trinajstić information content (AvgIpc) is 3.19. The summed E-state index contributed by atoms with van der Waals surface area (Å²) < 4.78 is 0. The van der Waals surface area contributed by atoms with Gasteiger partial charge in [0.05, 0.1) is 23.5 Å². The van der Waals surface area contributed by atoms with Crippen molar-refractivity contribution in [2.75, 3.05) is 0 Å². The van der Waals surface area contributed by atoms with Crippen LogP contribution in [0.5, 0.6) is 0 Å². The number of rotatable bonds is 5. The van der Waals surface area contributed by atoms with E-state index in [0.717, 1.165) is 34.1 Å². The van der Waals surface area contributed by atoms with Gasteiger partial charge in [-0.2, -0.15) is 0 Å². The van der Waals surface area contributed by atoms with E-state index in [2.05, 4.69) is 21.0 Å². The second-order valence-electron chi connectivity index (χ2n) is 5.26. The van der Waals surface area contributed by atoms with Crippen molar-refractivity contribution in [1.29, 1.82) is 0 Å². The maximum Gasteiger partial charge on any atom is 0.303 e. The van der Waals surface area contributed by atoms with Crippen molar-refractivity contribution >= 4 is 17.8 Å². The molecule has 3 rings (SSSR count). The van der Waals surface area contributed by atoms with Gasteiger partial charge in [0, 0.05) is 24.0 Å². The number of nitrogens with zero attached hydrogens (tertiary/aromatic N) is 1. The molecule has 0 fully saturated rings. The molecule has 0 radical (unpaired) electrons. The molecule has 0 aliphatic carbocycles. The summed E-state index contributed by atoms with van der Waals surface area (Å²) in [4.78, 5) is 21.6. The van der Waals surface area contributed by atoms with Crippen LogP contribution in [-0.2, 0) is 4.79 Å². The molecule has 3 heterocycles. The molecule has 0 saturated heterocycles. The van der Waals surface area contributed by atoms with E-state index in [1.807, 2.05) is 43.5 Å². The maximum atomic E-state index is 10.6. The largest absolute Gasteiger partial charge is 0.481 e. The fourth-order valence-corrected chi connectivity index (χ4v) is 2.39. The van der Waals surface area contributed by atoms with Crippen LogP contribution in [-0.4, -0.2) is 26.8 Å². The number of carboxylic acid groups (broad SMARTS) is 1. The van der Waals surface area contributed by atoms with Crippen molar-refractivity contribution in [3.05, 3.63) is 53.5 Å². The lowest BCUT2D eigenvalue weighted by Crippen LogP contribution is -1.99. The van der Waals surface area contributed by atoms with Gasteiger partial charge in [-0.15, -0.1) is 0 Å². The number of allylic oxidation sites excluding steroid dienone is 2. The fourth-order valence-electron chi connectivity index (χ4n) is 2.39. The molecule has 0 amide bonds. The Labute approximate surface area is 128 Å². The molecule has 5 heteroatoms. The van der Waals surface area contributed by atoms with Crippen LogP contribution in [0.3, 0.4) is 0 Å². The molecule has 1 aliphatic heterocycles. The van der Waals surface area contributed by atoms with Crippen molar-refractivity contribution in [1.82, 2.24) is 9.97 Å². The topological polar surface area (TPSA) is 81.2 Å². The highest BCUT2D eigenvalue weighted by atomic mass is 16.4. The lowest BCUT2D eigenvalue weighted by molar-refractivity contribution is -0.136. The first-order valence-corrected chi connectivity index (χ1v) is 7.14. The molecule has 0 unspecified atom stereocenters. The SMILES string of the molecule is Cc1cc(-c2ccc[nH]2)[nH]c1/C=C1/C=CC(CCC(=O)O)=N1. The lowest BCUT2D eigenvalue weighted by atomic mass is 10.2. The Morgan fingerprint density at radius 1 is 1.36 bits per heavy atom. The minimum absolute atomic E-state index is 0.106. The summed E-state index contributed by atoms with van der Waals surface area (Å²) in [6.07, 6.45) is 8.22. The highest BCUT2D eigenvalue weighted by Crippen LogP contribution is 2.23. The second-order valence-corrected chi connectivity index (χ2v) is 5.26. The number of aromatic nitrogens is 2. The highest BCUT2D eigenvalue weighted by molar-refractivity contribution is 6.00. The first-order chi connectivity index (χ1) is 10.6. The molecular formula is C17H17N3O2. The molecule has 0 aromatic carbocycles. The number of aliphatic imine (C=N–C) groups is 1. The quantitative estimate of drug-likeness (QED) is 0.788. The molecule has 3 N–H and O–H groups in total. The number of hydrogen-bond acceptors (Lipinski definition) is 2. The Hall–Kier alpha value is -2.82. The molecule has 0 saturated carbocycles. The molecule has 0 atom stereocenters. The van der Waals surface area contributed by atoms with Gasteiger partial charge in [0.1, 0.15) is 0 Å². The zero-order chi connectivity index (χ0) is 15.5. The average molecular weight is 295 g/mol. The molecule has 0 bridgehead atoms. The van der Waals surface area contributed by atoms with Crippen molar-refractivity contribution < 1.29 is 9.90 Å². The Balaban J connectivity index is 1.79. The zero-order valence-electron chi connectivity index (χ0n) is 12.3. The van der Waals surface area contributed by atoms with E-state index in [0.29, 0.717) is 6.42 Å². The lowest BCUT2D eigenvalue weighted by Gasteiger charge is -1.95. The van der Waals surface area contributed by atoms with E-state index in [1.54, 1.807) is 0 Å². The number of carbonyl (C=O) groups is 1. The van der Waals surface area contributed by atoms with E-state index >= 15 is 0 Å². The summed E-state index contributed by atoms with van der Waals surface area (Å²) in [6.45, 7) is 2.04. The molecule has 0 spiro atoms. The fraction of sp³-hybridized carbons (Fsp3) is 0.176. The Kier molecular flexibility index (Phi) is 3.78. The molecular weight excluding hydrogens is 278 g/mol. The van der Waals surface area contributed by atoms with Gasteiger partial charge in [-0.3, -0.25) is 9.79 Å². The van der Waals surface area contributed by atoms with Crippen LogP contribution in [0.4, 0.5) is 0 Å². The van der Waals surface area contributed by atoms with Gasteiger partial charge in [-0.1, -0.05) is 0 Å². The van der Waals surface area contributed by atoms with Crippen LogP contribution >= 0.6 is 0 Å². The van der Waals surface area contributed by atoms with Gasteiger partial charge in [0.25, 0.3) is 0 Å².